The molecule has 0 fully saturated rings. The first-order chi connectivity index (χ1) is 11.2. The van der Waals surface area contributed by atoms with E-state index in [1.165, 1.54) is 0 Å². The standard InChI is InChI=1S/C20H25NO2/c1-21(2)15-4-16-23-20-13-9-18(10-14-20)6-5-17-7-11-19(22-3)12-8-17/h5-14H,4,15-16H2,1-3H3/b6-5+. The largest absolute Gasteiger partial charge is 0.497 e. The Morgan fingerprint density at radius 2 is 1.35 bits per heavy atom. The summed E-state index contributed by atoms with van der Waals surface area (Å²) >= 11 is 0. The summed E-state index contributed by atoms with van der Waals surface area (Å²) in [6, 6.07) is 16.2. The molecule has 0 N–H and O–H groups in total. The molecule has 0 aliphatic heterocycles. The summed E-state index contributed by atoms with van der Waals surface area (Å²) in [5.74, 6) is 1.79. The monoisotopic (exact) mass is 311 g/mol. The lowest BCUT2D eigenvalue weighted by Gasteiger charge is -2.10. The van der Waals surface area contributed by atoms with Crippen molar-refractivity contribution in [2.24, 2.45) is 0 Å². The van der Waals surface area contributed by atoms with Crippen LogP contribution in [0.5, 0.6) is 11.5 Å². The molecular weight excluding hydrogens is 286 g/mol. The zero-order chi connectivity index (χ0) is 16.5. The van der Waals surface area contributed by atoms with Crippen molar-refractivity contribution in [1.29, 1.82) is 0 Å². The van der Waals surface area contributed by atoms with Crippen LogP contribution in [0.4, 0.5) is 0 Å². The Morgan fingerprint density at radius 1 is 0.826 bits per heavy atom. The topological polar surface area (TPSA) is 21.7 Å². The molecule has 2 aromatic rings. The van der Waals surface area contributed by atoms with Gasteiger partial charge in [0.1, 0.15) is 11.5 Å². The predicted octanol–water partition coefficient (Wildman–Crippen LogP) is 4.20. The highest BCUT2D eigenvalue weighted by molar-refractivity contribution is 5.70. The molecule has 3 nitrogen and oxygen atoms in total. The van der Waals surface area contributed by atoms with Gasteiger partial charge in [0.25, 0.3) is 0 Å². The maximum Gasteiger partial charge on any atom is 0.119 e. The molecule has 0 atom stereocenters. The van der Waals surface area contributed by atoms with Crippen molar-refractivity contribution in [2.45, 2.75) is 6.42 Å². The Hall–Kier alpha value is -2.26. The van der Waals surface area contributed by atoms with Crippen molar-refractivity contribution < 1.29 is 9.47 Å². The summed E-state index contributed by atoms with van der Waals surface area (Å²) in [5, 5.41) is 0. The molecule has 122 valence electrons. The first-order valence-electron chi connectivity index (χ1n) is 7.87. The van der Waals surface area contributed by atoms with E-state index in [1.54, 1.807) is 7.11 Å². The molecule has 0 heterocycles. The minimum Gasteiger partial charge on any atom is -0.497 e. The van der Waals surface area contributed by atoms with Crippen LogP contribution < -0.4 is 9.47 Å². The lowest BCUT2D eigenvalue weighted by atomic mass is 10.1. The maximum absolute atomic E-state index is 5.74. The summed E-state index contributed by atoms with van der Waals surface area (Å²) in [4.78, 5) is 2.16. The molecule has 0 bridgehead atoms. The van der Waals surface area contributed by atoms with E-state index < -0.39 is 0 Å². The van der Waals surface area contributed by atoms with Crippen LogP contribution in [0.25, 0.3) is 12.2 Å². The third kappa shape index (κ3) is 6.17. The van der Waals surface area contributed by atoms with Crippen LogP contribution in [0.2, 0.25) is 0 Å². The van der Waals surface area contributed by atoms with Crippen LogP contribution in [0.15, 0.2) is 48.5 Å². The van der Waals surface area contributed by atoms with E-state index in [0.717, 1.165) is 42.2 Å². The fraction of sp³-hybridized carbons (Fsp3) is 0.300. The van der Waals surface area contributed by atoms with E-state index in [2.05, 4.69) is 43.3 Å². The number of rotatable bonds is 8. The zero-order valence-electron chi connectivity index (χ0n) is 14.2. The quantitative estimate of drug-likeness (QED) is 0.539. The second-order valence-corrected chi connectivity index (χ2v) is 5.68. The molecule has 0 saturated carbocycles. The van der Waals surface area contributed by atoms with E-state index in [1.807, 2.05) is 36.4 Å². The van der Waals surface area contributed by atoms with Gasteiger partial charge >= 0.3 is 0 Å². The first-order valence-corrected chi connectivity index (χ1v) is 7.87. The third-order valence-electron chi connectivity index (χ3n) is 3.48. The second kappa shape index (κ2) is 9.01. The van der Waals surface area contributed by atoms with Crippen molar-refractivity contribution in [3.8, 4) is 11.5 Å². The van der Waals surface area contributed by atoms with Gasteiger partial charge in [-0.25, -0.2) is 0 Å². The van der Waals surface area contributed by atoms with E-state index in [9.17, 15) is 0 Å². The summed E-state index contributed by atoms with van der Waals surface area (Å²) in [5.41, 5.74) is 2.30. The molecule has 0 amide bonds. The Labute approximate surface area is 139 Å². The van der Waals surface area contributed by atoms with Crippen molar-refractivity contribution in [1.82, 2.24) is 4.90 Å². The normalized spacial score (nSPS) is 11.1. The van der Waals surface area contributed by atoms with Crippen LogP contribution >= 0.6 is 0 Å². The summed E-state index contributed by atoms with van der Waals surface area (Å²) in [6.07, 6.45) is 5.22. The van der Waals surface area contributed by atoms with Crippen LogP contribution in [-0.4, -0.2) is 39.3 Å². The van der Waals surface area contributed by atoms with Gasteiger partial charge in [-0.3, -0.25) is 0 Å². The van der Waals surface area contributed by atoms with Crippen LogP contribution in [0, 0.1) is 0 Å². The summed E-state index contributed by atoms with van der Waals surface area (Å²) < 4.78 is 10.9. The Morgan fingerprint density at radius 3 is 1.83 bits per heavy atom. The highest BCUT2D eigenvalue weighted by Gasteiger charge is 1.96. The Bertz CT molecular complexity index is 601. The molecule has 23 heavy (non-hydrogen) atoms. The van der Waals surface area contributed by atoms with Gasteiger partial charge in [-0.05, 0) is 55.9 Å². The number of ether oxygens (including phenoxy) is 2. The molecule has 2 rings (SSSR count). The van der Waals surface area contributed by atoms with Gasteiger partial charge < -0.3 is 14.4 Å². The number of hydrogen-bond acceptors (Lipinski definition) is 3. The molecule has 0 aliphatic carbocycles. The third-order valence-corrected chi connectivity index (χ3v) is 3.48. The Kier molecular flexibility index (Phi) is 6.70. The Balaban J connectivity index is 1.85. The molecule has 0 unspecified atom stereocenters. The molecule has 0 aliphatic rings. The van der Waals surface area contributed by atoms with Gasteiger partial charge in [0.05, 0.1) is 13.7 Å². The molecule has 0 saturated heterocycles. The minimum absolute atomic E-state index is 0.749. The second-order valence-electron chi connectivity index (χ2n) is 5.68. The molecule has 2 aromatic carbocycles. The van der Waals surface area contributed by atoms with Crippen LogP contribution in [0.1, 0.15) is 17.5 Å². The lowest BCUT2D eigenvalue weighted by molar-refractivity contribution is 0.281. The van der Waals surface area contributed by atoms with E-state index in [0.29, 0.717) is 0 Å². The average Bonchev–Trinajstić information content (AvgIpc) is 2.58. The zero-order valence-corrected chi connectivity index (χ0v) is 14.2. The highest BCUT2D eigenvalue weighted by atomic mass is 16.5. The molecule has 0 aromatic heterocycles. The smallest absolute Gasteiger partial charge is 0.119 e. The number of hydrogen-bond donors (Lipinski definition) is 0. The molecule has 0 radical (unpaired) electrons. The van der Waals surface area contributed by atoms with Crippen molar-refractivity contribution in [3.63, 3.8) is 0 Å². The number of methoxy groups -OCH3 is 1. The van der Waals surface area contributed by atoms with Gasteiger partial charge in [0.15, 0.2) is 0 Å². The van der Waals surface area contributed by atoms with E-state index >= 15 is 0 Å². The molecule has 0 spiro atoms. The molecular formula is C20H25NO2. The van der Waals surface area contributed by atoms with Crippen molar-refractivity contribution in [3.05, 3.63) is 59.7 Å². The van der Waals surface area contributed by atoms with Crippen LogP contribution in [-0.2, 0) is 0 Å². The average molecular weight is 311 g/mol. The summed E-state index contributed by atoms with van der Waals surface area (Å²) in [6.45, 7) is 1.79. The van der Waals surface area contributed by atoms with Crippen LogP contribution in [0.3, 0.4) is 0 Å². The van der Waals surface area contributed by atoms with E-state index in [4.69, 9.17) is 9.47 Å². The van der Waals surface area contributed by atoms with Gasteiger partial charge in [-0.15, -0.1) is 0 Å². The van der Waals surface area contributed by atoms with Gasteiger partial charge in [0, 0.05) is 6.54 Å². The maximum atomic E-state index is 5.74. The van der Waals surface area contributed by atoms with Crippen molar-refractivity contribution in [2.75, 3.05) is 34.4 Å². The van der Waals surface area contributed by atoms with Crippen molar-refractivity contribution >= 4 is 12.2 Å². The summed E-state index contributed by atoms with van der Waals surface area (Å²) in [7, 11) is 5.82. The SMILES string of the molecule is COc1ccc(/C=C/c2ccc(OCCCN(C)C)cc2)cc1. The number of nitrogens with zero attached hydrogens (tertiary/aromatic N) is 1. The minimum atomic E-state index is 0.749. The van der Waals surface area contributed by atoms with E-state index in [-0.39, 0.29) is 0 Å². The number of benzene rings is 2. The lowest BCUT2D eigenvalue weighted by Crippen LogP contribution is -2.15. The first kappa shape index (κ1) is 17.1. The van der Waals surface area contributed by atoms with Gasteiger partial charge in [0.2, 0.25) is 0 Å². The highest BCUT2D eigenvalue weighted by Crippen LogP contribution is 2.16. The molecule has 3 heteroatoms. The fourth-order valence-electron chi connectivity index (χ4n) is 2.15. The van der Waals surface area contributed by atoms with Gasteiger partial charge in [-0.2, -0.15) is 0 Å². The fourth-order valence-corrected chi connectivity index (χ4v) is 2.15. The predicted molar refractivity (Wildman–Crippen MR) is 97.0 cm³/mol. The van der Waals surface area contributed by atoms with Gasteiger partial charge in [-0.1, -0.05) is 36.4 Å².